The molecule has 0 aliphatic rings. The fraction of sp³-hybridized carbons (Fsp3) is 0.969. The van der Waals surface area contributed by atoms with Crippen LogP contribution in [0.3, 0.4) is 0 Å². The standard InChI is InChI=1S/C32H65NO4/c1-3-5-7-9-11-13-14-15-16-18-20-22-24-26-29(35)31(32(33)37)30(36)27-28(34)25-23-21-19-17-12-10-8-6-4-2/h28-29,31-32,34-35,37H,3-27,33H2,1-2H3. The van der Waals surface area contributed by atoms with E-state index in [1.807, 2.05) is 0 Å². The number of carbonyl (C=O) groups is 1. The highest BCUT2D eigenvalue weighted by Crippen LogP contribution is 2.20. The van der Waals surface area contributed by atoms with Crippen LogP contribution in [-0.2, 0) is 4.79 Å². The number of carbonyl (C=O) groups excluding carboxylic acids is 1. The predicted octanol–water partition coefficient (Wildman–Crippen LogP) is 7.96. The molecule has 0 saturated carbocycles. The lowest BCUT2D eigenvalue weighted by Crippen LogP contribution is -2.44. The van der Waals surface area contributed by atoms with Gasteiger partial charge in [-0.2, -0.15) is 0 Å². The van der Waals surface area contributed by atoms with Gasteiger partial charge < -0.3 is 21.1 Å². The van der Waals surface area contributed by atoms with Crippen molar-refractivity contribution in [2.75, 3.05) is 0 Å². The molecular formula is C32H65NO4. The largest absolute Gasteiger partial charge is 0.393 e. The zero-order valence-corrected chi connectivity index (χ0v) is 24.8. The molecule has 0 aliphatic heterocycles. The van der Waals surface area contributed by atoms with E-state index >= 15 is 0 Å². The molecule has 0 amide bonds. The second-order valence-corrected chi connectivity index (χ2v) is 11.6. The zero-order valence-electron chi connectivity index (χ0n) is 24.8. The molecule has 5 N–H and O–H groups in total. The summed E-state index contributed by atoms with van der Waals surface area (Å²) >= 11 is 0. The SMILES string of the molecule is CCCCCCCCCCCCCCCC(O)C(C(=O)CC(O)CCCCCCCCCCC)C(N)O. The first-order valence-electron chi connectivity index (χ1n) is 16.3. The first kappa shape index (κ1) is 36.5. The van der Waals surface area contributed by atoms with Gasteiger partial charge in [0.2, 0.25) is 0 Å². The Kier molecular flexibility index (Phi) is 26.7. The summed E-state index contributed by atoms with van der Waals surface area (Å²) in [6, 6.07) is 0. The minimum absolute atomic E-state index is 0.0361. The summed E-state index contributed by atoms with van der Waals surface area (Å²) in [7, 11) is 0. The normalized spacial score (nSPS) is 15.0. The number of unbranched alkanes of at least 4 members (excludes halogenated alkanes) is 20. The maximum absolute atomic E-state index is 12.7. The fourth-order valence-electron chi connectivity index (χ4n) is 5.34. The summed E-state index contributed by atoms with van der Waals surface area (Å²) in [6.07, 6.45) is 25.2. The van der Waals surface area contributed by atoms with Crippen LogP contribution in [0, 0.1) is 5.92 Å². The van der Waals surface area contributed by atoms with Crippen LogP contribution < -0.4 is 5.73 Å². The second kappa shape index (κ2) is 27.1. The molecule has 0 aromatic heterocycles. The molecular weight excluding hydrogens is 462 g/mol. The van der Waals surface area contributed by atoms with E-state index in [9.17, 15) is 20.1 Å². The van der Waals surface area contributed by atoms with Gasteiger partial charge in [0, 0.05) is 6.42 Å². The molecule has 0 aliphatic carbocycles. The van der Waals surface area contributed by atoms with Crippen LogP contribution in [0.4, 0.5) is 0 Å². The summed E-state index contributed by atoms with van der Waals surface area (Å²) in [5.74, 6) is -1.32. The van der Waals surface area contributed by atoms with Gasteiger partial charge in [0.15, 0.2) is 0 Å². The van der Waals surface area contributed by atoms with Gasteiger partial charge in [-0.15, -0.1) is 0 Å². The van der Waals surface area contributed by atoms with Gasteiger partial charge in [-0.3, -0.25) is 4.79 Å². The zero-order chi connectivity index (χ0) is 27.6. The maximum Gasteiger partial charge on any atom is 0.145 e. The van der Waals surface area contributed by atoms with Crippen molar-refractivity contribution in [3.63, 3.8) is 0 Å². The number of nitrogens with two attached hydrogens (primary N) is 1. The molecule has 0 radical (unpaired) electrons. The van der Waals surface area contributed by atoms with Crippen molar-refractivity contribution in [3.05, 3.63) is 0 Å². The van der Waals surface area contributed by atoms with Crippen LogP contribution in [0.15, 0.2) is 0 Å². The number of aliphatic hydroxyl groups is 3. The molecule has 0 aromatic carbocycles. The number of ketones is 1. The van der Waals surface area contributed by atoms with E-state index in [1.165, 1.54) is 109 Å². The molecule has 0 bridgehead atoms. The third kappa shape index (κ3) is 23.1. The summed E-state index contributed by atoms with van der Waals surface area (Å²) in [4.78, 5) is 12.7. The van der Waals surface area contributed by atoms with E-state index in [2.05, 4.69) is 13.8 Å². The quantitative estimate of drug-likeness (QED) is 0.0583. The van der Waals surface area contributed by atoms with Crippen LogP contribution in [0.1, 0.15) is 174 Å². The van der Waals surface area contributed by atoms with Gasteiger partial charge in [0.1, 0.15) is 12.0 Å². The summed E-state index contributed by atoms with van der Waals surface area (Å²) in [5, 5.41) is 30.8. The Morgan fingerprint density at radius 1 is 0.541 bits per heavy atom. The number of hydrogen-bond acceptors (Lipinski definition) is 5. The predicted molar refractivity (Wildman–Crippen MR) is 157 cm³/mol. The van der Waals surface area contributed by atoms with Crippen molar-refractivity contribution in [2.45, 2.75) is 193 Å². The van der Waals surface area contributed by atoms with E-state index in [4.69, 9.17) is 5.73 Å². The average Bonchev–Trinajstić information content (AvgIpc) is 2.85. The van der Waals surface area contributed by atoms with Crippen molar-refractivity contribution in [2.24, 2.45) is 11.7 Å². The second-order valence-electron chi connectivity index (χ2n) is 11.6. The number of Topliss-reactive ketones (excluding diaryl/α,β-unsaturated/α-hetero) is 1. The molecule has 5 heteroatoms. The van der Waals surface area contributed by atoms with Crippen LogP contribution in [0.25, 0.3) is 0 Å². The molecule has 0 rings (SSSR count). The van der Waals surface area contributed by atoms with Crippen LogP contribution in [0.5, 0.6) is 0 Å². The van der Waals surface area contributed by atoms with E-state index in [0.717, 1.165) is 32.1 Å². The lowest BCUT2D eigenvalue weighted by atomic mass is 9.88. The van der Waals surface area contributed by atoms with Crippen molar-refractivity contribution in [3.8, 4) is 0 Å². The van der Waals surface area contributed by atoms with Gasteiger partial charge in [-0.25, -0.2) is 0 Å². The Hall–Kier alpha value is -0.490. The topological polar surface area (TPSA) is 104 Å². The molecule has 5 nitrogen and oxygen atoms in total. The van der Waals surface area contributed by atoms with Crippen LogP contribution in [0.2, 0.25) is 0 Å². The van der Waals surface area contributed by atoms with Gasteiger partial charge in [-0.1, -0.05) is 155 Å². The highest BCUT2D eigenvalue weighted by atomic mass is 16.3. The van der Waals surface area contributed by atoms with E-state index in [1.54, 1.807) is 0 Å². The molecule has 37 heavy (non-hydrogen) atoms. The Bertz CT molecular complexity index is 485. The van der Waals surface area contributed by atoms with Crippen molar-refractivity contribution in [1.82, 2.24) is 0 Å². The molecule has 0 fully saturated rings. The van der Waals surface area contributed by atoms with Crippen LogP contribution >= 0.6 is 0 Å². The smallest absolute Gasteiger partial charge is 0.145 e. The number of aliphatic hydroxyl groups excluding tert-OH is 3. The van der Waals surface area contributed by atoms with Crippen molar-refractivity contribution < 1.29 is 20.1 Å². The first-order valence-corrected chi connectivity index (χ1v) is 16.3. The van der Waals surface area contributed by atoms with Crippen molar-refractivity contribution >= 4 is 5.78 Å². The van der Waals surface area contributed by atoms with Gasteiger partial charge in [0.05, 0.1) is 18.1 Å². The maximum atomic E-state index is 12.7. The number of hydrogen-bond donors (Lipinski definition) is 4. The Morgan fingerprint density at radius 3 is 1.22 bits per heavy atom. The molecule has 4 atom stereocenters. The average molecular weight is 528 g/mol. The van der Waals surface area contributed by atoms with Gasteiger partial charge >= 0.3 is 0 Å². The highest BCUT2D eigenvalue weighted by Gasteiger charge is 2.32. The highest BCUT2D eigenvalue weighted by molar-refractivity contribution is 5.82. The van der Waals surface area contributed by atoms with Crippen LogP contribution in [-0.4, -0.2) is 39.5 Å². The summed E-state index contributed by atoms with van der Waals surface area (Å²) in [6.45, 7) is 4.49. The Balaban J connectivity index is 3.87. The van der Waals surface area contributed by atoms with E-state index in [0.29, 0.717) is 12.8 Å². The molecule has 4 unspecified atom stereocenters. The van der Waals surface area contributed by atoms with E-state index in [-0.39, 0.29) is 12.2 Å². The minimum atomic E-state index is -1.38. The summed E-state index contributed by atoms with van der Waals surface area (Å²) < 4.78 is 0. The molecule has 0 spiro atoms. The first-order chi connectivity index (χ1) is 17.9. The lowest BCUT2D eigenvalue weighted by Gasteiger charge is -2.25. The molecule has 0 aromatic rings. The monoisotopic (exact) mass is 527 g/mol. The Labute approximate surface area is 230 Å². The van der Waals surface area contributed by atoms with Crippen molar-refractivity contribution in [1.29, 1.82) is 0 Å². The minimum Gasteiger partial charge on any atom is -0.393 e. The lowest BCUT2D eigenvalue weighted by molar-refractivity contribution is -0.133. The Morgan fingerprint density at radius 2 is 0.865 bits per heavy atom. The molecule has 0 heterocycles. The third-order valence-corrected chi connectivity index (χ3v) is 7.84. The fourth-order valence-corrected chi connectivity index (χ4v) is 5.34. The molecule has 222 valence electrons. The van der Waals surface area contributed by atoms with Gasteiger partial charge in [-0.05, 0) is 12.8 Å². The van der Waals surface area contributed by atoms with Gasteiger partial charge in [0.25, 0.3) is 0 Å². The number of rotatable bonds is 29. The summed E-state index contributed by atoms with van der Waals surface area (Å²) in [5.41, 5.74) is 5.65. The third-order valence-electron chi connectivity index (χ3n) is 7.84. The molecule has 0 saturated heterocycles. The van der Waals surface area contributed by atoms with E-state index < -0.39 is 24.4 Å².